The minimum Gasteiger partial charge on any atom is -0.366 e. The molecule has 0 heterocycles. The van der Waals surface area contributed by atoms with Gasteiger partial charge in [-0.05, 0) is 44.0 Å². The predicted molar refractivity (Wildman–Crippen MR) is 70.1 cm³/mol. The Kier molecular flexibility index (Phi) is 4.33. The van der Waals surface area contributed by atoms with Gasteiger partial charge in [-0.1, -0.05) is 15.9 Å². The number of nitrogens with zero attached hydrogens (tertiary/aromatic N) is 2. The second kappa shape index (κ2) is 5.31. The Bertz CT molecular complexity index is 372. The van der Waals surface area contributed by atoms with E-state index in [2.05, 4.69) is 58.7 Å². The summed E-state index contributed by atoms with van der Waals surface area (Å²) in [5.74, 6) is 0. The van der Waals surface area contributed by atoms with Gasteiger partial charge in [0.25, 0.3) is 0 Å². The van der Waals surface area contributed by atoms with Crippen LogP contribution >= 0.6 is 15.9 Å². The number of aryl methyl sites for hydroxylation is 2. The standard InChI is InChI=1S/C12H17BrN2/c1-5-15(4)8-14-12-7-9(2)11(13)6-10(12)3/h6-8H,5H2,1-4H3/b14-8+. The highest BCUT2D eigenvalue weighted by Gasteiger charge is 2.00. The summed E-state index contributed by atoms with van der Waals surface area (Å²) < 4.78 is 1.14. The predicted octanol–water partition coefficient (Wildman–Crippen LogP) is 3.68. The minimum absolute atomic E-state index is 0.970. The van der Waals surface area contributed by atoms with Gasteiger partial charge in [0, 0.05) is 18.1 Å². The molecule has 0 radical (unpaired) electrons. The molecule has 0 spiro atoms. The Morgan fingerprint density at radius 2 is 2.00 bits per heavy atom. The van der Waals surface area contributed by atoms with Crippen LogP contribution in [0.1, 0.15) is 18.1 Å². The van der Waals surface area contributed by atoms with Crippen molar-refractivity contribution in [2.45, 2.75) is 20.8 Å². The molecule has 82 valence electrons. The van der Waals surface area contributed by atoms with E-state index in [1.54, 1.807) is 0 Å². The molecule has 1 rings (SSSR count). The Labute approximate surface area is 100 Å². The normalized spacial score (nSPS) is 11.0. The van der Waals surface area contributed by atoms with Crippen LogP contribution < -0.4 is 0 Å². The number of hydrogen-bond acceptors (Lipinski definition) is 1. The van der Waals surface area contributed by atoms with Crippen molar-refractivity contribution >= 4 is 28.0 Å². The molecule has 0 bridgehead atoms. The Hall–Kier alpha value is -0.830. The smallest absolute Gasteiger partial charge is 0.0909 e. The van der Waals surface area contributed by atoms with Gasteiger partial charge in [0.15, 0.2) is 0 Å². The summed E-state index contributed by atoms with van der Waals surface area (Å²) in [6.07, 6.45) is 1.87. The lowest BCUT2D eigenvalue weighted by Gasteiger charge is -2.09. The van der Waals surface area contributed by atoms with E-state index in [1.165, 1.54) is 11.1 Å². The van der Waals surface area contributed by atoms with Crippen molar-refractivity contribution in [1.82, 2.24) is 4.90 Å². The monoisotopic (exact) mass is 268 g/mol. The number of halogens is 1. The topological polar surface area (TPSA) is 15.6 Å². The van der Waals surface area contributed by atoms with Gasteiger partial charge >= 0.3 is 0 Å². The van der Waals surface area contributed by atoms with E-state index < -0.39 is 0 Å². The molecule has 0 unspecified atom stereocenters. The summed E-state index contributed by atoms with van der Waals surface area (Å²) in [6, 6.07) is 4.20. The molecule has 1 aromatic rings. The van der Waals surface area contributed by atoms with Crippen molar-refractivity contribution in [2.75, 3.05) is 13.6 Å². The molecule has 0 aliphatic rings. The van der Waals surface area contributed by atoms with Gasteiger partial charge in [-0.3, -0.25) is 0 Å². The van der Waals surface area contributed by atoms with Crippen molar-refractivity contribution < 1.29 is 0 Å². The first-order valence-electron chi connectivity index (χ1n) is 5.05. The van der Waals surface area contributed by atoms with Crippen LogP contribution in [0, 0.1) is 13.8 Å². The summed E-state index contributed by atoms with van der Waals surface area (Å²) in [6.45, 7) is 7.22. The highest BCUT2D eigenvalue weighted by atomic mass is 79.9. The Morgan fingerprint density at radius 1 is 1.33 bits per heavy atom. The second-order valence-corrected chi connectivity index (χ2v) is 4.56. The van der Waals surface area contributed by atoms with E-state index >= 15 is 0 Å². The molecule has 2 nitrogen and oxygen atoms in total. The average Bonchev–Trinajstić information content (AvgIpc) is 2.21. The van der Waals surface area contributed by atoms with Gasteiger partial charge in [0.1, 0.15) is 0 Å². The van der Waals surface area contributed by atoms with E-state index in [0.717, 1.165) is 16.7 Å². The van der Waals surface area contributed by atoms with Crippen molar-refractivity contribution in [3.05, 3.63) is 27.7 Å². The maximum absolute atomic E-state index is 4.46. The summed E-state index contributed by atoms with van der Waals surface area (Å²) in [5, 5.41) is 0. The molecule has 1 aromatic carbocycles. The summed E-state index contributed by atoms with van der Waals surface area (Å²) in [7, 11) is 2.02. The van der Waals surface area contributed by atoms with Crippen LogP contribution in [0.25, 0.3) is 0 Å². The molecule has 3 heteroatoms. The maximum Gasteiger partial charge on any atom is 0.0909 e. The maximum atomic E-state index is 4.46. The van der Waals surface area contributed by atoms with Gasteiger partial charge in [0.05, 0.1) is 12.0 Å². The lowest BCUT2D eigenvalue weighted by atomic mass is 10.1. The summed E-state index contributed by atoms with van der Waals surface area (Å²) >= 11 is 3.51. The van der Waals surface area contributed by atoms with E-state index in [-0.39, 0.29) is 0 Å². The van der Waals surface area contributed by atoms with Crippen LogP contribution in [0.15, 0.2) is 21.6 Å². The SMILES string of the molecule is CCN(C)/C=N/c1cc(C)c(Br)cc1C. The highest BCUT2D eigenvalue weighted by molar-refractivity contribution is 9.10. The summed E-state index contributed by atoms with van der Waals surface area (Å²) in [5.41, 5.74) is 3.44. The van der Waals surface area contributed by atoms with E-state index in [0.29, 0.717) is 0 Å². The van der Waals surface area contributed by atoms with E-state index in [4.69, 9.17) is 0 Å². The molecular formula is C12H17BrN2. The van der Waals surface area contributed by atoms with Gasteiger partial charge in [-0.2, -0.15) is 0 Å². The molecular weight excluding hydrogens is 252 g/mol. The molecule has 0 saturated carbocycles. The third-order valence-electron chi connectivity index (χ3n) is 2.37. The highest BCUT2D eigenvalue weighted by Crippen LogP contribution is 2.26. The molecule has 0 fully saturated rings. The minimum atomic E-state index is 0.970. The quantitative estimate of drug-likeness (QED) is 0.603. The number of benzene rings is 1. The molecule has 0 atom stereocenters. The van der Waals surface area contributed by atoms with E-state index in [9.17, 15) is 0 Å². The number of rotatable bonds is 3. The first-order chi connectivity index (χ1) is 7.04. The van der Waals surface area contributed by atoms with Crippen LogP contribution in [0.4, 0.5) is 5.69 Å². The fraction of sp³-hybridized carbons (Fsp3) is 0.417. The van der Waals surface area contributed by atoms with Crippen molar-refractivity contribution in [1.29, 1.82) is 0 Å². The fourth-order valence-electron chi connectivity index (χ4n) is 1.15. The first-order valence-corrected chi connectivity index (χ1v) is 5.85. The van der Waals surface area contributed by atoms with Crippen LogP contribution in [-0.4, -0.2) is 24.8 Å². The zero-order chi connectivity index (χ0) is 11.4. The van der Waals surface area contributed by atoms with Gasteiger partial charge in [-0.25, -0.2) is 4.99 Å². The molecule has 0 N–H and O–H groups in total. The van der Waals surface area contributed by atoms with Crippen LogP contribution in [-0.2, 0) is 0 Å². The van der Waals surface area contributed by atoms with Crippen LogP contribution in [0.2, 0.25) is 0 Å². The lowest BCUT2D eigenvalue weighted by Crippen LogP contribution is -2.14. The molecule has 0 saturated heterocycles. The molecule has 0 aliphatic heterocycles. The first kappa shape index (κ1) is 12.2. The molecule has 15 heavy (non-hydrogen) atoms. The Morgan fingerprint density at radius 3 is 2.60 bits per heavy atom. The zero-order valence-electron chi connectivity index (χ0n) is 9.71. The third-order valence-corrected chi connectivity index (χ3v) is 3.22. The fourth-order valence-corrected chi connectivity index (χ4v) is 1.61. The Balaban J connectivity index is 2.95. The van der Waals surface area contributed by atoms with Crippen LogP contribution in [0.3, 0.4) is 0 Å². The second-order valence-electron chi connectivity index (χ2n) is 3.71. The van der Waals surface area contributed by atoms with Crippen LogP contribution in [0.5, 0.6) is 0 Å². The van der Waals surface area contributed by atoms with Crippen molar-refractivity contribution in [2.24, 2.45) is 4.99 Å². The van der Waals surface area contributed by atoms with E-state index in [1.807, 2.05) is 13.4 Å². The van der Waals surface area contributed by atoms with Gasteiger partial charge < -0.3 is 4.90 Å². The lowest BCUT2D eigenvalue weighted by molar-refractivity contribution is 0.552. The average molecular weight is 269 g/mol. The summed E-state index contributed by atoms with van der Waals surface area (Å²) in [4.78, 5) is 6.51. The number of hydrogen-bond donors (Lipinski definition) is 0. The number of aliphatic imine (C=N–C) groups is 1. The zero-order valence-corrected chi connectivity index (χ0v) is 11.3. The van der Waals surface area contributed by atoms with Crippen molar-refractivity contribution in [3.8, 4) is 0 Å². The van der Waals surface area contributed by atoms with Crippen molar-refractivity contribution in [3.63, 3.8) is 0 Å². The molecule has 0 amide bonds. The molecule has 0 aromatic heterocycles. The third kappa shape index (κ3) is 3.34. The van der Waals surface area contributed by atoms with Gasteiger partial charge in [-0.15, -0.1) is 0 Å². The largest absolute Gasteiger partial charge is 0.366 e. The van der Waals surface area contributed by atoms with Gasteiger partial charge in [0.2, 0.25) is 0 Å². The molecule has 0 aliphatic carbocycles.